The maximum atomic E-state index is 4.78. The van der Waals surface area contributed by atoms with Crippen LogP contribution in [0, 0.1) is 0 Å². The molecule has 0 aliphatic carbocycles. The molecule has 4 heteroatoms. The lowest BCUT2D eigenvalue weighted by Crippen LogP contribution is -2.21. The minimum Gasteiger partial charge on any atom is -0.310 e. The summed E-state index contributed by atoms with van der Waals surface area (Å²) in [5.41, 5.74) is 2.40. The Morgan fingerprint density at radius 2 is 2.16 bits per heavy atom. The molecule has 0 saturated carbocycles. The summed E-state index contributed by atoms with van der Waals surface area (Å²) in [6.07, 6.45) is 0.986. The summed E-state index contributed by atoms with van der Waals surface area (Å²) in [6, 6.07) is 8.83. The number of aryl methyl sites for hydroxylation is 1. The molecule has 1 heterocycles. The molecule has 2 rings (SSSR count). The number of rotatable bonds is 5. The van der Waals surface area contributed by atoms with Crippen LogP contribution in [-0.4, -0.2) is 11.0 Å². The van der Waals surface area contributed by atoms with Gasteiger partial charge in [-0.2, -0.15) is 0 Å². The van der Waals surface area contributed by atoms with E-state index in [4.69, 9.17) is 4.98 Å². The van der Waals surface area contributed by atoms with Crippen molar-refractivity contribution >= 4 is 27.3 Å². The molecule has 0 atom stereocenters. The van der Waals surface area contributed by atoms with Crippen molar-refractivity contribution in [2.75, 3.05) is 0 Å². The molecule has 0 fully saturated rings. The molecule has 0 bridgehead atoms. The quantitative estimate of drug-likeness (QED) is 0.859. The molecule has 2 aromatic rings. The number of hydrogen-bond acceptors (Lipinski definition) is 3. The van der Waals surface area contributed by atoms with Gasteiger partial charge in [-0.1, -0.05) is 48.8 Å². The van der Waals surface area contributed by atoms with Gasteiger partial charge < -0.3 is 5.32 Å². The van der Waals surface area contributed by atoms with Gasteiger partial charge in [0.05, 0.1) is 5.69 Å². The fourth-order valence-corrected chi connectivity index (χ4v) is 3.34. The maximum absolute atomic E-state index is 4.78. The monoisotopic (exact) mass is 338 g/mol. The number of hydrogen-bond donors (Lipinski definition) is 1. The van der Waals surface area contributed by atoms with Crippen molar-refractivity contribution in [2.45, 2.75) is 39.8 Å². The van der Waals surface area contributed by atoms with E-state index in [0.717, 1.165) is 22.4 Å². The molecule has 1 aromatic carbocycles. The van der Waals surface area contributed by atoms with Gasteiger partial charge in [-0.25, -0.2) is 4.98 Å². The van der Waals surface area contributed by atoms with Gasteiger partial charge in [0.2, 0.25) is 0 Å². The molecular weight excluding hydrogens is 320 g/mol. The van der Waals surface area contributed by atoms with Crippen molar-refractivity contribution < 1.29 is 0 Å². The van der Waals surface area contributed by atoms with Crippen molar-refractivity contribution in [1.29, 1.82) is 0 Å². The third-order valence-corrected chi connectivity index (χ3v) is 4.50. The first-order valence-electron chi connectivity index (χ1n) is 6.58. The minimum absolute atomic E-state index is 0.501. The van der Waals surface area contributed by atoms with E-state index < -0.39 is 0 Å². The Labute approximate surface area is 127 Å². The Morgan fingerprint density at radius 3 is 2.79 bits per heavy atom. The van der Waals surface area contributed by atoms with Crippen LogP contribution in [-0.2, 0) is 13.0 Å². The lowest BCUT2D eigenvalue weighted by molar-refractivity contribution is 0.590. The Bertz CT molecular complexity index is 549. The van der Waals surface area contributed by atoms with Crippen molar-refractivity contribution in [3.8, 4) is 10.6 Å². The van der Waals surface area contributed by atoms with E-state index in [2.05, 4.69) is 60.2 Å². The maximum Gasteiger partial charge on any atom is 0.123 e. The van der Waals surface area contributed by atoms with Crippen molar-refractivity contribution in [2.24, 2.45) is 0 Å². The summed E-state index contributed by atoms with van der Waals surface area (Å²) >= 11 is 5.31. The standard InChI is InChI=1S/C15H19BrN2S/c1-4-13-14(9-17-10(2)3)19-15(18-13)11-6-5-7-12(16)8-11/h5-8,10,17H,4,9H2,1-3H3. The first-order valence-corrected chi connectivity index (χ1v) is 8.19. The molecule has 102 valence electrons. The summed E-state index contributed by atoms with van der Waals surface area (Å²) in [4.78, 5) is 6.13. The Morgan fingerprint density at radius 1 is 1.37 bits per heavy atom. The minimum atomic E-state index is 0.501. The van der Waals surface area contributed by atoms with Gasteiger partial charge in [0.25, 0.3) is 0 Å². The van der Waals surface area contributed by atoms with Crippen molar-refractivity contribution in [3.63, 3.8) is 0 Å². The van der Waals surface area contributed by atoms with Crippen LogP contribution >= 0.6 is 27.3 Å². The molecule has 19 heavy (non-hydrogen) atoms. The molecule has 0 aliphatic rings. The first kappa shape index (κ1) is 14.7. The van der Waals surface area contributed by atoms with Gasteiger partial charge in [-0.15, -0.1) is 11.3 Å². The first-order chi connectivity index (χ1) is 9.10. The molecular formula is C15H19BrN2S. The van der Waals surface area contributed by atoms with E-state index in [1.807, 2.05) is 6.07 Å². The summed E-state index contributed by atoms with van der Waals surface area (Å²) in [5.74, 6) is 0. The highest BCUT2D eigenvalue weighted by Crippen LogP contribution is 2.30. The third-order valence-electron chi connectivity index (χ3n) is 2.86. The number of thiazole rings is 1. The Hall–Kier alpha value is -0.710. The van der Waals surface area contributed by atoms with E-state index in [1.165, 1.54) is 16.1 Å². The second kappa shape index (κ2) is 6.64. The van der Waals surface area contributed by atoms with E-state index in [0.29, 0.717) is 6.04 Å². The smallest absolute Gasteiger partial charge is 0.123 e. The fraction of sp³-hybridized carbons (Fsp3) is 0.400. The van der Waals surface area contributed by atoms with Crippen LogP contribution in [0.5, 0.6) is 0 Å². The van der Waals surface area contributed by atoms with Gasteiger partial charge in [0, 0.05) is 27.5 Å². The lowest BCUT2D eigenvalue weighted by Gasteiger charge is -2.06. The Balaban J connectivity index is 2.27. The zero-order valence-electron chi connectivity index (χ0n) is 11.5. The number of halogens is 1. The molecule has 0 unspecified atom stereocenters. The normalized spacial score (nSPS) is 11.2. The lowest BCUT2D eigenvalue weighted by atomic mass is 10.2. The van der Waals surface area contributed by atoms with Gasteiger partial charge in [-0.3, -0.25) is 0 Å². The molecule has 0 saturated heterocycles. The summed E-state index contributed by atoms with van der Waals surface area (Å²) in [6.45, 7) is 7.41. The van der Waals surface area contributed by atoms with Crippen LogP contribution in [0.2, 0.25) is 0 Å². The number of nitrogens with zero attached hydrogens (tertiary/aromatic N) is 1. The third kappa shape index (κ3) is 3.88. The highest BCUT2D eigenvalue weighted by molar-refractivity contribution is 9.10. The van der Waals surface area contributed by atoms with Crippen LogP contribution in [0.4, 0.5) is 0 Å². The number of aromatic nitrogens is 1. The molecule has 0 radical (unpaired) electrons. The van der Waals surface area contributed by atoms with E-state index >= 15 is 0 Å². The topological polar surface area (TPSA) is 24.9 Å². The van der Waals surface area contributed by atoms with Crippen LogP contribution in [0.25, 0.3) is 10.6 Å². The molecule has 1 N–H and O–H groups in total. The number of benzene rings is 1. The molecule has 0 amide bonds. The Kier molecular flexibility index (Phi) is 5.13. The molecule has 1 aromatic heterocycles. The summed E-state index contributed by atoms with van der Waals surface area (Å²) < 4.78 is 1.10. The van der Waals surface area contributed by atoms with Crippen LogP contribution in [0.15, 0.2) is 28.7 Å². The van der Waals surface area contributed by atoms with Gasteiger partial charge in [0.1, 0.15) is 5.01 Å². The second-order valence-corrected chi connectivity index (χ2v) is 6.79. The average molecular weight is 339 g/mol. The predicted octanol–water partition coefficient (Wildman–Crippen LogP) is 4.63. The largest absolute Gasteiger partial charge is 0.310 e. The van der Waals surface area contributed by atoms with E-state index in [1.54, 1.807) is 11.3 Å². The van der Waals surface area contributed by atoms with Gasteiger partial charge >= 0.3 is 0 Å². The SMILES string of the molecule is CCc1nc(-c2cccc(Br)c2)sc1CNC(C)C. The highest BCUT2D eigenvalue weighted by Gasteiger charge is 2.11. The van der Waals surface area contributed by atoms with Crippen LogP contribution in [0.3, 0.4) is 0 Å². The predicted molar refractivity (Wildman–Crippen MR) is 86.6 cm³/mol. The van der Waals surface area contributed by atoms with Crippen molar-refractivity contribution in [3.05, 3.63) is 39.3 Å². The number of nitrogens with one attached hydrogen (secondary N) is 1. The molecule has 0 aliphatic heterocycles. The van der Waals surface area contributed by atoms with E-state index in [9.17, 15) is 0 Å². The van der Waals surface area contributed by atoms with Gasteiger partial charge in [0.15, 0.2) is 0 Å². The highest BCUT2D eigenvalue weighted by atomic mass is 79.9. The van der Waals surface area contributed by atoms with Crippen LogP contribution in [0.1, 0.15) is 31.3 Å². The molecule has 0 spiro atoms. The fourth-order valence-electron chi connectivity index (χ4n) is 1.84. The van der Waals surface area contributed by atoms with Gasteiger partial charge in [-0.05, 0) is 18.6 Å². The van der Waals surface area contributed by atoms with E-state index in [-0.39, 0.29) is 0 Å². The van der Waals surface area contributed by atoms with Crippen molar-refractivity contribution in [1.82, 2.24) is 10.3 Å². The van der Waals surface area contributed by atoms with Crippen LogP contribution < -0.4 is 5.32 Å². The second-order valence-electron chi connectivity index (χ2n) is 4.79. The average Bonchev–Trinajstić information content (AvgIpc) is 2.79. The molecule has 2 nitrogen and oxygen atoms in total. The zero-order chi connectivity index (χ0) is 13.8. The summed E-state index contributed by atoms with van der Waals surface area (Å²) in [7, 11) is 0. The zero-order valence-corrected chi connectivity index (χ0v) is 13.9. The summed E-state index contributed by atoms with van der Waals surface area (Å²) in [5, 5.41) is 4.58.